The van der Waals surface area contributed by atoms with Crippen LogP contribution in [0, 0.1) is 0 Å². The van der Waals surface area contributed by atoms with Gasteiger partial charge in [0.2, 0.25) is 0 Å². The maximum Gasteiger partial charge on any atom is 0.265 e. The highest BCUT2D eigenvalue weighted by atomic mass is 32.1. The molecule has 6 heteroatoms. The highest BCUT2D eigenvalue weighted by Gasteiger charge is 2.32. The lowest BCUT2D eigenvalue weighted by molar-refractivity contribution is -0.128. The summed E-state index contributed by atoms with van der Waals surface area (Å²) in [5.41, 5.74) is 0.906. The molecule has 0 saturated carbocycles. The van der Waals surface area contributed by atoms with Crippen LogP contribution in [0.5, 0.6) is 0 Å². The van der Waals surface area contributed by atoms with Crippen LogP contribution < -0.4 is 5.32 Å². The van der Waals surface area contributed by atoms with Crippen LogP contribution in [0.4, 0.5) is 0 Å². The minimum Gasteiger partial charge on any atom is -0.501 e. The fraction of sp³-hybridized carbons (Fsp3) is 0.308. The Morgan fingerprint density at radius 2 is 2.32 bits per heavy atom. The fourth-order valence-electron chi connectivity index (χ4n) is 1.86. The third kappa shape index (κ3) is 2.90. The van der Waals surface area contributed by atoms with E-state index in [1.165, 1.54) is 4.90 Å². The number of carbonyl (C=O) groups is 2. The van der Waals surface area contributed by atoms with E-state index in [2.05, 4.69) is 11.9 Å². The summed E-state index contributed by atoms with van der Waals surface area (Å²) in [6, 6.07) is 0. The molecule has 1 N–H and O–H groups in total. The van der Waals surface area contributed by atoms with Crippen molar-refractivity contribution in [2.75, 3.05) is 13.2 Å². The Hall–Kier alpha value is -1.95. The Morgan fingerprint density at radius 1 is 1.53 bits per heavy atom. The van der Waals surface area contributed by atoms with Crippen molar-refractivity contribution < 1.29 is 14.3 Å². The highest BCUT2D eigenvalue weighted by molar-refractivity contribution is 7.80. The van der Waals surface area contributed by atoms with Crippen LogP contribution in [0.15, 0.2) is 36.1 Å². The quantitative estimate of drug-likeness (QED) is 0.363. The van der Waals surface area contributed by atoms with Crippen molar-refractivity contribution in [3.63, 3.8) is 0 Å². The van der Waals surface area contributed by atoms with E-state index in [9.17, 15) is 9.59 Å². The van der Waals surface area contributed by atoms with Gasteiger partial charge in [0.25, 0.3) is 11.8 Å². The second-order valence-electron chi connectivity index (χ2n) is 4.19. The maximum absolute atomic E-state index is 12.2. The fourth-order valence-corrected chi connectivity index (χ4v) is 2.12. The largest absolute Gasteiger partial charge is 0.501 e. The zero-order valence-electron chi connectivity index (χ0n) is 10.3. The Balaban J connectivity index is 2.27. The zero-order valence-corrected chi connectivity index (χ0v) is 11.2. The summed E-state index contributed by atoms with van der Waals surface area (Å²) in [6.45, 7) is 4.50. The van der Waals surface area contributed by atoms with Gasteiger partial charge in [0.1, 0.15) is 5.57 Å². The molecule has 2 aliphatic heterocycles. The first-order valence-corrected chi connectivity index (χ1v) is 6.34. The Kier molecular flexibility index (Phi) is 4.11. The minimum absolute atomic E-state index is 0.0761. The summed E-state index contributed by atoms with van der Waals surface area (Å²) in [6.07, 6.45) is 6.37. The zero-order chi connectivity index (χ0) is 13.8. The van der Waals surface area contributed by atoms with Gasteiger partial charge in [-0.2, -0.15) is 0 Å². The van der Waals surface area contributed by atoms with E-state index in [1.54, 1.807) is 18.4 Å². The molecule has 1 saturated heterocycles. The third-order valence-electron chi connectivity index (χ3n) is 2.79. The number of ether oxygens (including phenoxy) is 1. The topological polar surface area (TPSA) is 58.6 Å². The second-order valence-corrected chi connectivity index (χ2v) is 4.58. The van der Waals surface area contributed by atoms with E-state index in [4.69, 9.17) is 17.0 Å². The van der Waals surface area contributed by atoms with Gasteiger partial charge in [-0.15, -0.1) is 6.58 Å². The van der Waals surface area contributed by atoms with E-state index in [0.717, 1.165) is 18.4 Å². The molecule has 0 radical (unpaired) electrons. The number of nitrogens with zero attached hydrogens (tertiary/aromatic N) is 1. The smallest absolute Gasteiger partial charge is 0.265 e. The number of hydrogen-bond acceptors (Lipinski definition) is 4. The molecule has 2 rings (SSSR count). The normalized spacial score (nSPS) is 21.9. The minimum atomic E-state index is -0.471. The van der Waals surface area contributed by atoms with E-state index in [0.29, 0.717) is 6.61 Å². The molecule has 2 aliphatic rings. The first kappa shape index (κ1) is 13.5. The lowest BCUT2D eigenvalue weighted by Crippen LogP contribution is -2.54. The summed E-state index contributed by atoms with van der Waals surface area (Å²) in [7, 11) is 0. The van der Waals surface area contributed by atoms with Gasteiger partial charge in [0.05, 0.1) is 12.9 Å². The number of allylic oxidation sites excluding steroid dienone is 2. The van der Waals surface area contributed by atoms with Crippen LogP contribution in [-0.2, 0) is 14.3 Å². The predicted molar refractivity (Wildman–Crippen MR) is 74.0 cm³/mol. The van der Waals surface area contributed by atoms with Gasteiger partial charge >= 0.3 is 0 Å². The van der Waals surface area contributed by atoms with Crippen molar-refractivity contribution in [2.45, 2.75) is 12.8 Å². The molecule has 0 atom stereocenters. The Morgan fingerprint density at radius 3 is 2.95 bits per heavy atom. The number of nitrogens with one attached hydrogen (secondary N) is 1. The van der Waals surface area contributed by atoms with E-state index >= 15 is 0 Å². The number of amides is 2. The molecule has 0 spiro atoms. The molecule has 0 aromatic heterocycles. The van der Waals surface area contributed by atoms with Crippen molar-refractivity contribution in [2.24, 2.45) is 0 Å². The number of thiocarbonyl (C=S) groups is 1. The molecule has 1 fully saturated rings. The summed E-state index contributed by atoms with van der Waals surface area (Å²) in [5, 5.41) is 2.61. The van der Waals surface area contributed by atoms with Gasteiger partial charge in [-0.25, -0.2) is 0 Å². The summed E-state index contributed by atoms with van der Waals surface area (Å²) in [4.78, 5) is 25.3. The summed E-state index contributed by atoms with van der Waals surface area (Å²) < 4.78 is 5.18. The van der Waals surface area contributed by atoms with Crippen LogP contribution in [0.3, 0.4) is 0 Å². The maximum atomic E-state index is 12.2. The monoisotopic (exact) mass is 278 g/mol. The first-order valence-electron chi connectivity index (χ1n) is 5.94. The molecule has 0 aliphatic carbocycles. The molecule has 5 nitrogen and oxygen atoms in total. The molecule has 2 amide bonds. The van der Waals surface area contributed by atoms with Crippen molar-refractivity contribution >= 4 is 29.1 Å². The van der Waals surface area contributed by atoms with Crippen molar-refractivity contribution in [1.29, 1.82) is 0 Å². The Bertz CT molecular complexity index is 508. The first-order chi connectivity index (χ1) is 9.13. The Labute approximate surface area is 116 Å². The van der Waals surface area contributed by atoms with Gasteiger partial charge in [-0.3, -0.25) is 19.8 Å². The van der Waals surface area contributed by atoms with Crippen LogP contribution >= 0.6 is 12.2 Å². The van der Waals surface area contributed by atoms with E-state index in [-0.39, 0.29) is 17.2 Å². The lowest BCUT2D eigenvalue weighted by atomic mass is 10.0. The molecule has 100 valence electrons. The summed E-state index contributed by atoms with van der Waals surface area (Å²) >= 11 is 4.96. The lowest BCUT2D eigenvalue weighted by Gasteiger charge is -2.28. The third-order valence-corrected chi connectivity index (χ3v) is 3.11. The van der Waals surface area contributed by atoms with Crippen LogP contribution in [0.25, 0.3) is 0 Å². The molecule has 19 heavy (non-hydrogen) atoms. The van der Waals surface area contributed by atoms with Crippen molar-refractivity contribution in [3.8, 4) is 0 Å². The van der Waals surface area contributed by atoms with Crippen LogP contribution in [0.1, 0.15) is 12.8 Å². The van der Waals surface area contributed by atoms with Gasteiger partial charge < -0.3 is 4.74 Å². The number of carbonyl (C=O) groups excluding carboxylic acids is 2. The van der Waals surface area contributed by atoms with E-state index < -0.39 is 11.8 Å². The van der Waals surface area contributed by atoms with Crippen LogP contribution in [0.2, 0.25) is 0 Å². The molecule has 0 bridgehead atoms. The SMILES string of the molecule is C=CCN1C(=O)C(=CC2=COCCC2)C(=O)NC1=S. The van der Waals surface area contributed by atoms with E-state index in [1.807, 2.05) is 0 Å². The number of hydrogen-bond donors (Lipinski definition) is 1. The molecular formula is C13H14N2O3S. The van der Waals surface area contributed by atoms with Gasteiger partial charge in [0.15, 0.2) is 5.11 Å². The van der Waals surface area contributed by atoms with Gasteiger partial charge in [0, 0.05) is 6.54 Å². The van der Waals surface area contributed by atoms with Crippen molar-refractivity contribution in [1.82, 2.24) is 10.2 Å². The summed E-state index contributed by atoms with van der Waals surface area (Å²) in [5.74, 6) is -0.873. The molecular weight excluding hydrogens is 264 g/mol. The average molecular weight is 278 g/mol. The standard InChI is InChI=1S/C13H14N2O3S/c1-2-5-15-12(17)10(11(16)14-13(15)19)7-9-4-3-6-18-8-9/h2,7-8H,1,3-6H2,(H,14,16,19). The number of rotatable bonds is 3. The molecule has 0 unspecified atom stereocenters. The van der Waals surface area contributed by atoms with Crippen LogP contribution in [-0.4, -0.2) is 35.0 Å². The molecule has 2 heterocycles. The molecule has 0 aromatic carbocycles. The predicted octanol–water partition coefficient (Wildman–Crippen LogP) is 1.04. The van der Waals surface area contributed by atoms with Crippen molar-refractivity contribution in [3.05, 3.63) is 36.1 Å². The van der Waals surface area contributed by atoms with Gasteiger partial charge in [-0.05, 0) is 36.7 Å². The highest BCUT2D eigenvalue weighted by Crippen LogP contribution is 2.18. The second kappa shape index (κ2) is 5.79. The molecule has 0 aromatic rings. The van der Waals surface area contributed by atoms with Gasteiger partial charge in [-0.1, -0.05) is 6.08 Å². The average Bonchev–Trinajstić information content (AvgIpc) is 2.41.